The molecule has 4 heteroatoms. The summed E-state index contributed by atoms with van der Waals surface area (Å²) >= 11 is 1.92. The Hall–Kier alpha value is -0.610. The summed E-state index contributed by atoms with van der Waals surface area (Å²) in [7, 11) is 0. The zero-order valence-corrected chi connectivity index (χ0v) is 14.5. The van der Waals surface area contributed by atoms with E-state index in [9.17, 15) is 0 Å². The number of rotatable bonds is 6. The molecule has 21 heavy (non-hydrogen) atoms. The fourth-order valence-corrected chi connectivity index (χ4v) is 4.92. The van der Waals surface area contributed by atoms with Gasteiger partial charge in [-0.05, 0) is 43.6 Å². The van der Waals surface area contributed by atoms with Gasteiger partial charge < -0.3 is 10.2 Å². The molecule has 2 unspecified atom stereocenters. The quantitative estimate of drug-likeness (QED) is 0.869. The standard InChI is InChI=1S/C17H29N3S/c1-4-15-16(9-18-8-12(2)3)21-17(19-15)20-10-13-6-5-7-14(13)11-20/h12-14,18H,4-11H2,1-3H3. The molecule has 118 valence electrons. The summed E-state index contributed by atoms with van der Waals surface area (Å²) in [6.07, 6.45) is 5.38. The van der Waals surface area contributed by atoms with E-state index in [0.717, 1.165) is 31.3 Å². The van der Waals surface area contributed by atoms with Gasteiger partial charge in [0.05, 0.1) is 5.69 Å². The second kappa shape index (κ2) is 6.66. The van der Waals surface area contributed by atoms with Gasteiger partial charge >= 0.3 is 0 Å². The number of aromatic nitrogens is 1. The van der Waals surface area contributed by atoms with Crippen LogP contribution in [0.25, 0.3) is 0 Å². The maximum atomic E-state index is 4.94. The molecule has 1 aromatic rings. The number of anilines is 1. The molecule has 2 heterocycles. The minimum absolute atomic E-state index is 0.709. The lowest BCUT2D eigenvalue weighted by Gasteiger charge is -2.15. The highest BCUT2D eigenvalue weighted by molar-refractivity contribution is 7.15. The van der Waals surface area contributed by atoms with Crippen LogP contribution < -0.4 is 10.2 Å². The molecule has 0 radical (unpaired) electrons. The molecule has 1 aromatic heterocycles. The largest absolute Gasteiger partial charge is 0.348 e. The molecule has 1 saturated heterocycles. The van der Waals surface area contributed by atoms with Gasteiger partial charge in [-0.2, -0.15) is 0 Å². The summed E-state index contributed by atoms with van der Waals surface area (Å²) in [4.78, 5) is 8.95. The maximum absolute atomic E-state index is 4.94. The van der Waals surface area contributed by atoms with Crippen molar-refractivity contribution in [2.45, 2.75) is 53.0 Å². The summed E-state index contributed by atoms with van der Waals surface area (Å²) in [6.45, 7) is 11.3. The fourth-order valence-electron chi connectivity index (χ4n) is 3.78. The van der Waals surface area contributed by atoms with Gasteiger partial charge in [-0.1, -0.05) is 27.2 Å². The van der Waals surface area contributed by atoms with E-state index >= 15 is 0 Å². The summed E-state index contributed by atoms with van der Waals surface area (Å²) in [5, 5.41) is 4.85. The van der Waals surface area contributed by atoms with Crippen LogP contribution in [0.3, 0.4) is 0 Å². The zero-order chi connectivity index (χ0) is 14.8. The molecule has 3 rings (SSSR count). The second-order valence-electron chi connectivity index (χ2n) is 7.10. The third-order valence-corrected chi connectivity index (χ3v) is 6.10. The first-order valence-corrected chi connectivity index (χ1v) is 9.43. The Morgan fingerprint density at radius 1 is 1.29 bits per heavy atom. The summed E-state index contributed by atoms with van der Waals surface area (Å²) in [5.74, 6) is 2.60. The van der Waals surface area contributed by atoms with Crippen molar-refractivity contribution in [2.24, 2.45) is 17.8 Å². The SMILES string of the molecule is CCc1nc(N2CC3CCCC3C2)sc1CNCC(C)C. The number of nitrogens with one attached hydrogen (secondary N) is 1. The molecule has 2 aliphatic rings. The van der Waals surface area contributed by atoms with Gasteiger partial charge in [-0.3, -0.25) is 0 Å². The van der Waals surface area contributed by atoms with Gasteiger partial charge in [-0.15, -0.1) is 11.3 Å². The average Bonchev–Trinajstić information content (AvgIpc) is 3.10. The number of hydrogen-bond donors (Lipinski definition) is 1. The topological polar surface area (TPSA) is 28.2 Å². The zero-order valence-electron chi connectivity index (χ0n) is 13.7. The summed E-state index contributed by atoms with van der Waals surface area (Å²) in [6, 6.07) is 0. The third-order valence-electron chi connectivity index (χ3n) is 4.94. The van der Waals surface area contributed by atoms with Gasteiger partial charge in [-0.25, -0.2) is 4.98 Å². The third kappa shape index (κ3) is 3.42. The van der Waals surface area contributed by atoms with Crippen LogP contribution in [0.2, 0.25) is 0 Å². The summed E-state index contributed by atoms with van der Waals surface area (Å²) < 4.78 is 0. The van der Waals surface area contributed by atoms with Crippen molar-refractivity contribution in [3.63, 3.8) is 0 Å². The Labute approximate surface area is 133 Å². The molecule has 1 saturated carbocycles. The Kier molecular flexibility index (Phi) is 4.85. The van der Waals surface area contributed by atoms with Crippen molar-refractivity contribution in [2.75, 3.05) is 24.5 Å². The Morgan fingerprint density at radius 3 is 2.62 bits per heavy atom. The number of nitrogens with zero attached hydrogens (tertiary/aromatic N) is 2. The highest BCUT2D eigenvalue weighted by atomic mass is 32.1. The van der Waals surface area contributed by atoms with Gasteiger partial charge in [0.25, 0.3) is 0 Å². The molecular weight excluding hydrogens is 278 g/mol. The van der Waals surface area contributed by atoms with E-state index in [1.54, 1.807) is 0 Å². The van der Waals surface area contributed by atoms with E-state index < -0.39 is 0 Å². The van der Waals surface area contributed by atoms with E-state index in [2.05, 4.69) is 31.0 Å². The second-order valence-corrected chi connectivity index (χ2v) is 8.16. The summed E-state index contributed by atoms with van der Waals surface area (Å²) in [5.41, 5.74) is 1.31. The van der Waals surface area contributed by atoms with Gasteiger partial charge in [0.15, 0.2) is 5.13 Å². The monoisotopic (exact) mass is 307 g/mol. The van der Waals surface area contributed by atoms with E-state index in [0.29, 0.717) is 5.92 Å². The molecule has 2 atom stereocenters. The Morgan fingerprint density at radius 2 is 2.00 bits per heavy atom. The molecular formula is C17H29N3S. The first-order chi connectivity index (χ1) is 10.2. The molecule has 1 aliphatic heterocycles. The number of fused-ring (bicyclic) bond motifs is 1. The highest BCUT2D eigenvalue weighted by Gasteiger charge is 2.37. The maximum Gasteiger partial charge on any atom is 0.185 e. The van der Waals surface area contributed by atoms with Crippen molar-refractivity contribution in [3.8, 4) is 0 Å². The number of hydrogen-bond acceptors (Lipinski definition) is 4. The molecule has 3 nitrogen and oxygen atoms in total. The average molecular weight is 308 g/mol. The van der Waals surface area contributed by atoms with Crippen molar-refractivity contribution in [1.29, 1.82) is 0 Å². The highest BCUT2D eigenvalue weighted by Crippen LogP contribution is 2.41. The fraction of sp³-hybridized carbons (Fsp3) is 0.824. The van der Waals surface area contributed by atoms with Crippen LogP contribution in [0.1, 0.15) is 50.6 Å². The Bertz CT molecular complexity index is 457. The first kappa shape index (κ1) is 15.3. The van der Waals surface area contributed by atoms with Gasteiger partial charge in [0.2, 0.25) is 0 Å². The van der Waals surface area contributed by atoms with Crippen LogP contribution in [0.15, 0.2) is 0 Å². The van der Waals surface area contributed by atoms with Crippen LogP contribution in [0, 0.1) is 17.8 Å². The minimum atomic E-state index is 0.709. The molecule has 0 aromatic carbocycles. The first-order valence-electron chi connectivity index (χ1n) is 8.61. The predicted molar refractivity (Wildman–Crippen MR) is 91.1 cm³/mol. The molecule has 1 aliphatic carbocycles. The van der Waals surface area contributed by atoms with Crippen molar-refractivity contribution >= 4 is 16.5 Å². The minimum Gasteiger partial charge on any atom is -0.348 e. The lowest BCUT2D eigenvalue weighted by molar-refractivity contribution is 0.494. The number of aryl methyl sites for hydroxylation is 1. The van der Waals surface area contributed by atoms with Crippen molar-refractivity contribution in [3.05, 3.63) is 10.6 Å². The normalized spacial score (nSPS) is 25.0. The van der Waals surface area contributed by atoms with Gasteiger partial charge in [0.1, 0.15) is 0 Å². The molecule has 0 amide bonds. The molecule has 0 spiro atoms. The lowest BCUT2D eigenvalue weighted by Crippen LogP contribution is -2.20. The van der Waals surface area contributed by atoms with Crippen LogP contribution >= 0.6 is 11.3 Å². The van der Waals surface area contributed by atoms with E-state index in [1.807, 2.05) is 11.3 Å². The van der Waals surface area contributed by atoms with E-state index in [4.69, 9.17) is 4.98 Å². The van der Waals surface area contributed by atoms with Crippen LogP contribution in [-0.4, -0.2) is 24.6 Å². The molecule has 0 bridgehead atoms. The van der Waals surface area contributed by atoms with Crippen molar-refractivity contribution in [1.82, 2.24) is 10.3 Å². The smallest absolute Gasteiger partial charge is 0.185 e. The van der Waals surface area contributed by atoms with Crippen LogP contribution in [-0.2, 0) is 13.0 Å². The van der Waals surface area contributed by atoms with Crippen LogP contribution in [0.4, 0.5) is 5.13 Å². The lowest BCUT2D eigenvalue weighted by atomic mass is 10.0. The van der Waals surface area contributed by atoms with E-state index in [-0.39, 0.29) is 0 Å². The van der Waals surface area contributed by atoms with Crippen LogP contribution in [0.5, 0.6) is 0 Å². The predicted octanol–water partition coefficient (Wildman–Crippen LogP) is 3.69. The van der Waals surface area contributed by atoms with E-state index in [1.165, 1.54) is 48.1 Å². The molecule has 1 N–H and O–H groups in total. The van der Waals surface area contributed by atoms with Gasteiger partial charge in [0, 0.05) is 24.5 Å². The molecule has 2 fully saturated rings. The Balaban J connectivity index is 1.65. The number of thiazole rings is 1. The van der Waals surface area contributed by atoms with Crippen molar-refractivity contribution < 1.29 is 0 Å².